The number of halogens is 1. The molecule has 16 heavy (non-hydrogen) atoms. The van der Waals surface area contributed by atoms with E-state index in [4.69, 9.17) is 11.6 Å². The van der Waals surface area contributed by atoms with Crippen LogP contribution in [0.4, 0.5) is 0 Å². The normalized spacial score (nSPS) is 10.1. The molecule has 0 aliphatic heterocycles. The minimum absolute atomic E-state index is 0.685. The third kappa shape index (κ3) is 1.97. The summed E-state index contributed by atoms with van der Waals surface area (Å²) in [4.78, 5) is 0. The highest BCUT2D eigenvalue weighted by Crippen LogP contribution is 2.38. The summed E-state index contributed by atoms with van der Waals surface area (Å²) >= 11 is 9.31. The van der Waals surface area contributed by atoms with Gasteiger partial charge in [0.15, 0.2) is 0 Å². The Kier molecular flexibility index (Phi) is 3.55. The third-order valence-electron chi connectivity index (χ3n) is 2.22. The smallest absolute Gasteiger partial charge is 0.102 e. The molecular weight excluding hydrogens is 258 g/mol. The second-order valence-corrected chi connectivity index (χ2v) is 5.47. The highest BCUT2D eigenvalue weighted by Gasteiger charge is 2.14. The lowest BCUT2D eigenvalue weighted by atomic mass is 10.1. The number of benzene rings is 1. The fourth-order valence-corrected chi connectivity index (χ4v) is 3.34. The highest BCUT2D eigenvalue weighted by molar-refractivity contribution is 8.00. The molecule has 1 aromatic carbocycles. The van der Waals surface area contributed by atoms with E-state index in [0.29, 0.717) is 5.02 Å². The largest absolute Gasteiger partial charge is 0.192 e. The molecule has 0 fully saturated rings. The fourth-order valence-electron chi connectivity index (χ4n) is 1.47. The Morgan fingerprint density at radius 2 is 2.06 bits per heavy atom. The van der Waals surface area contributed by atoms with Gasteiger partial charge in [0.2, 0.25) is 0 Å². The molecule has 2 aromatic rings. The second kappa shape index (κ2) is 4.92. The van der Waals surface area contributed by atoms with E-state index in [1.165, 1.54) is 0 Å². The first kappa shape index (κ1) is 11.5. The van der Waals surface area contributed by atoms with Crippen LogP contribution in [0.15, 0.2) is 33.9 Å². The van der Waals surface area contributed by atoms with E-state index in [-0.39, 0.29) is 0 Å². The molecule has 0 N–H and O–H groups in total. The summed E-state index contributed by atoms with van der Waals surface area (Å²) in [7, 11) is 0. The Hall–Kier alpha value is -0.950. The van der Waals surface area contributed by atoms with Crippen LogP contribution < -0.4 is 0 Å². The van der Waals surface area contributed by atoms with Gasteiger partial charge < -0.3 is 0 Å². The van der Waals surface area contributed by atoms with E-state index in [1.54, 1.807) is 23.1 Å². The zero-order chi connectivity index (χ0) is 11.5. The molecule has 80 valence electrons. The summed E-state index contributed by atoms with van der Waals surface area (Å²) in [6, 6.07) is 9.85. The predicted octanol–water partition coefficient (Wildman–Crippen LogP) is 4.66. The average Bonchev–Trinajstić information content (AvgIpc) is 2.72. The van der Waals surface area contributed by atoms with Crippen LogP contribution in [0, 0.1) is 11.3 Å². The van der Waals surface area contributed by atoms with Gasteiger partial charge >= 0.3 is 0 Å². The maximum atomic E-state index is 9.17. The van der Waals surface area contributed by atoms with E-state index in [9.17, 15) is 5.26 Å². The van der Waals surface area contributed by atoms with Crippen LogP contribution >= 0.6 is 34.7 Å². The zero-order valence-corrected chi connectivity index (χ0v) is 10.9. The van der Waals surface area contributed by atoms with Crippen molar-refractivity contribution < 1.29 is 0 Å². The first-order chi connectivity index (χ1) is 7.77. The van der Waals surface area contributed by atoms with Crippen molar-refractivity contribution in [2.75, 3.05) is 6.26 Å². The summed E-state index contributed by atoms with van der Waals surface area (Å²) in [5.41, 5.74) is 2.59. The number of thioether (sulfide) groups is 1. The van der Waals surface area contributed by atoms with Gasteiger partial charge in [0, 0.05) is 21.5 Å². The number of hydrogen-bond donors (Lipinski definition) is 0. The lowest BCUT2D eigenvalue weighted by Gasteiger charge is -2.02. The van der Waals surface area contributed by atoms with Crippen molar-refractivity contribution in [2.45, 2.75) is 4.21 Å². The van der Waals surface area contributed by atoms with Gasteiger partial charge in [-0.3, -0.25) is 0 Å². The molecular formula is C12H8ClNS2. The van der Waals surface area contributed by atoms with Crippen molar-refractivity contribution in [1.29, 1.82) is 5.26 Å². The quantitative estimate of drug-likeness (QED) is 0.737. The van der Waals surface area contributed by atoms with Crippen LogP contribution in [0.25, 0.3) is 11.1 Å². The van der Waals surface area contributed by atoms with Crippen molar-refractivity contribution >= 4 is 34.7 Å². The maximum absolute atomic E-state index is 9.17. The number of thiophene rings is 1. The van der Waals surface area contributed by atoms with Crippen LogP contribution in [-0.4, -0.2) is 6.26 Å². The van der Waals surface area contributed by atoms with Gasteiger partial charge in [-0.15, -0.1) is 23.1 Å². The van der Waals surface area contributed by atoms with Gasteiger partial charge in [0.1, 0.15) is 6.07 Å². The highest BCUT2D eigenvalue weighted by atomic mass is 35.5. The van der Waals surface area contributed by atoms with Crippen LogP contribution in [0.5, 0.6) is 0 Å². The minimum atomic E-state index is 0.685. The first-order valence-corrected chi connectivity index (χ1v) is 7.06. The predicted molar refractivity (Wildman–Crippen MR) is 71.3 cm³/mol. The SMILES string of the molecule is CSc1scc(-c2ccccc2Cl)c1C#N. The van der Waals surface area contributed by atoms with Crippen molar-refractivity contribution in [3.05, 3.63) is 40.2 Å². The summed E-state index contributed by atoms with van der Waals surface area (Å²) in [6.07, 6.45) is 1.98. The average molecular weight is 266 g/mol. The molecule has 0 radical (unpaired) electrons. The number of hydrogen-bond acceptors (Lipinski definition) is 3. The Bertz CT molecular complexity index is 554. The zero-order valence-electron chi connectivity index (χ0n) is 8.53. The molecule has 1 aromatic heterocycles. The molecule has 1 heterocycles. The molecule has 0 unspecified atom stereocenters. The monoisotopic (exact) mass is 265 g/mol. The van der Waals surface area contributed by atoms with Gasteiger partial charge in [-0.25, -0.2) is 0 Å². The molecule has 0 amide bonds. The minimum Gasteiger partial charge on any atom is -0.192 e. The van der Waals surface area contributed by atoms with Gasteiger partial charge in [-0.05, 0) is 12.3 Å². The van der Waals surface area contributed by atoms with Crippen LogP contribution in [0.3, 0.4) is 0 Å². The standard InChI is InChI=1S/C12H8ClNS2/c1-15-12-9(6-14)10(7-16-12)8-4-2-3-5-11(8)13/h2-5,7H,1H3. The van der Waals surface area contributed by atoms with E-state index in [2.05, 4.69) is 6.07 Å². The lowest BCUT2D eigenvalue weighted by Crippen LogP contribution is -1.81. The van der Waals surface area contributed by atoms with Crippen molar-refractivity contribution in [2.24, 2.45) is 0 Å². The molecule has 1 nitrogen and oxygen atoms in total. The third-order valence-corrected chi connectivity index (χ3v) is 4.68. The summed E-state index contributed by atoms with van der Waals surface area (Å²) in [6.45, 7) is 0. The molecule has 0 spiro atoms. The molecule has 0 bridgehead atoms. The second-order valence-electron chi connectivity index (χ2n) is 3.11. The van der Waals surface area contributed by atoms with Crippen LogP contribution in [0.1, 0.15) is 5.56 Å². The number of nitrogens with zero attached hydrogens (tertiary/aromatic N) is 1. The summed E-state index contributed by atoms with van der Waals surface area (Å²) < 4.78 is 1.04. The van der Waals surface area contributed by atoms with Gasteiger partial charge in [-0.1, -0.05) is 29.8 Å². The molecule has 4 heteroatoms. The number of rotatable bonds is 2. The fraction of sp³-hybridized carbons (Fsp3) is 0.0833. The van der Waals surface area contributed by atoms with E-state index in [0.717, 1.165) is 20.9 Å². The first-order valence-electron chi connectivity index (χ1n) is 4.58. The van der Waals surface area contributed by atoms with E-state index in [1.807, 2.05) is 35.9 Å². The van der Waals surface area contributed by atoms with Crippen molar-refractivity contribution in [1.82, 2.24) is 0 Å². The van der Waals surface area contributed by atoms with Crippen molar-refractivity contribution in [3.8, 4) is 17.2 Å². The van der Waals surface area contributed by atoms with Crippen molar-refractivity contribution in [3.63, 3.8) is 0 Å². The van der Waals surface area contributed by atoms with Crippen LogP contribution in [-0.2, 0) is 0 Å². The topological polar surface area (TPSA) is 23.8 Å². The molecule has 0 saturated carbocycles. The molecule has 0 saturated heterocycles. The van der Waals surface area contributed by atoms with Crippen LogP contribution in [0.2, 0.25) is 5.02 Å². The molecule has 0 aliphatic carbocycles. The van der Waals surface area contributed by atoms with Gasteiger partial charge in [0.05, 0.1) is 9.77 Å². The Morgan fingerprint density at radius 3 is 2.69 bits per heavy atom. The molecule has 0 aliphatic rings. The summed E-state index contributed by atoms with van der Waals surface area (Å²) in [5, 5.41) is 11.8. The van der Waals surface area contributed by atoms with E-state index < -0.39 is 0 Å². The Morgan fingerprint density at radius 1 is 1.31 bits per heavy atom. The Labute approximate surface area is 108 Å². The maximum Gasteiger partial charge on any atom is 0.102 e. The van der Waals surface area contributed by atoms with E-state index >= 15 is 0 Å². The van der Waals surface area contributed by atoms with Gasteiger partial charge in [0.25, 0.3) is 0 Å². The van der Waals surface area contributed by atoms with Gasteiger partial charge in [-0.2, -0.15) is 5.26 Å². The number of nitriles is 1. The Balaban J connectivity index is 2.62. The summed E-state index contributed by atoms with van der Waals surface area (Å²) in [5.74, 6) is 0. The molecule has 2 rings (SSSR count). The molecule has 0 atom stereocenters. The lowest BCUT2D eigenvalue weighted by molar-refractivity contribution is 1.46.